The summed E-state index contributed by atoms with van der Waals surface area (Å²) in [5.74, 6) is -0.189. The number of sulfonamides is 1. The first-order valence-corrected chi connectivity index (χ1v) is 9.29. The largest absolute Gasteiger partial charge is 0.381 e. The number of benzene rings is 1. The number of nitrogens with one attached hydrogen (secondary N) is 1. The van der Waals surface area contributed by atoms with Crippen molar-refractivity contribution in [2.45, 2.75) is 24.7 Å². The van der Waals surface area contributed by atoms with Crippen molar-refractivity contribution < 1.29 is 17.9 Å². The second kappa shape index (κ2) is 8.46. The summed E-state index contributed by atoms with van der Waals surface area (Å²) in [7, 11) is -0.619. The summed E-state index contributed by atoms with van der Waals surface area (Å²) >= 11 is 0. The third kappa shape index (κ3) is 4.51. The molecule has 0 spiro atoms. The Morgan fingerprint density at radius 2 is 1.92 bits per heavy atom. The minimum atomic E-state index is -3.57. The first kappa shape index (κ1) is 21.9. The molecule has 1 aromatic carbocycles. The minimum Gasteiger partial charge on any atom is -0.381 e. The van der Waals surface area contributed by atoms with Crippen LogP contribution in [-0.4, -0.2) is 52.5 Å². The first-order valence-electron chi connectivity index (χ1n) is 7.85. The summed E-state index contributed by atoms with van der Waals surface area (Å²) in [5, 5.41) is 2.82. The monoisotopic (exact) mass is 391 g/mol. The van der Waals surface area contributed by atoms with Gasteiger partial charge in [-0.25, -0.2) is 12.7 Å². The number of hydrogen-bond donors (Lipinski definition) is 2. The van der Waals surface area contributed by atoms with Crippen LogP contribution in [0.2, 0.25) is 0 Å². The van der Waals surface area contributed by atoms with Crippen LogP contribution in [0.4, 0.5) is 5.69 Å². The van der Waals surface area contributed by atoms with Gasteiger partial charge in [0.05, 0.1) is 10.3 Å². The Balaban J connectivity index is 0.00000312. The molecular weight excluding hydrogens is 366 g/mol. The maximum Gasteiger partial charge on any atom is 0.242 e. The normalized spacial score (nSPS) is 17.0. The number of nitrogens with two attached hydrogens (primary N) is 1. The van der Waals surface area contributed by atoms with Crippen LogP contribution < -0.4 is 11.1 Å². The van der Waals surface area contributed by atoms with Crippen LogP contribution in [0.15, 0.2) is 23.1 Å². The fourth-order valence-electron chi connectivity index (χ4n) is 2.70. The van der Waals surface area contributed by atoms with Gasteiger partial charge in [0.25, 0.3) is 0 Å². The molecule has 0 atom stereocenters. The molecule has 1 fully saturated rings. The highest BCUT2D eigenvalue weighted by Crippen LogP contribution is 2.31. The Hall–Kier alpha value is -1.19. The van der Waals surface area contributed by atoms with E-state index < -0.39 is 15.4 Å². The van der Waals surface area contributed by atoms with Gasteiger partial charge in [-0.15, -0.1) is 12.4 Å². The predicted molar refractivity (Wildman–Crippen MR) is 99.5 cm³/mol. The van der Waals surface area contributed by atoms with Crippen LogP contribution in [0.1, 0.15) is 18.4 Å². The number of carbonyl (C=O) groups excluding carboxylic acids is 1. The summed E-state index contributed by atoms with van der Waals surface area (Å²) in [6.07, 6.45) is 1.12. The van der Waals surface area contributed by atoms with Gasteiger partial charge in [0.1, 0.15) is 0 Å². The number of amides is 1. The van der Waals surface area contributed by atoms with E-state index in [-0.39, 0.29) is 29.8 Å². The van der Waals surface area contributed by atoms with Crippen LogP contribution in [0.3, 0.4) is 0 Å². The quantitative estimate of drug-likeness (QED) is 0.789. The number of anilines is 1. The Kier molecular flexibility index (Phi) is 7.40. The fraction of sp³-hybridized carbons (Fsp3) is 0.562. The SMILES string of the molecule is Cc1ccc(NC(=O)C2(CN)CCOCC2)cc1S(=O)(=O)N(C)C.Cl. The van der Waals surface area contributed by atoms with Crippen LogP contribution in [0.5, 0.6) is 0 Å². The fourth-order valence-corrected chi connectivity index (χ4v) is 3.85. The first-order chi connectivity index (χ1) is 11.2. The summed E-state index contributed by atoms with van der Waals surface area (Å²) in [5.41, 5.74) is 6.25. The van der Waals surface area contributed by atoms with Crippen molar-refractivity contribution >= 4 is 34.0 Å². The highest BCUT2D eigenvalue weighted by atomic mass is 35.5. The van der Waals surface area contributed by atoms with Crippen molar-refractivity contribution in [2.75, 3.05) is 39.2 Å². The standard InChI is InChI=1S/C16H25N3O4S.ClH/c1-12-4-5-13(10-14(12)24(21,22)19(2)3)18-15(20)16(11-17)6-8-23-9-7-16;/h4-5,10H,6-9,11,17H2,1-3H3,(H,18,20);1H. The molecule has 25 heavy (non-hydrogen) atoms. The Bertz CT molecular complexity index is 716. The molecule has 1 aliphatic heterocycles. The topological polar surface area (TPSA) is 102 Å². The molecule has 0 radical (unpaired) electrons. The Morgan fingerprint density at radius 1 is 1.32 bits per heavy atom. The van der Waals surface area contributed by atoms with Gasteiger partial charge in [-0.1, -0.05) is 6.07 Å². The van der Waals surface area contributed by atoms with Gasteiger partial charge >= 0.3 is 0 Å². The van der Waals surface area contributed by atoms with Crippen LogP contribution >= 0.6 is 12.4 Å². The maximum atomic E-state index is 12.7. The zero-order valence-electron chi connectivity index (χ0n) is 14.7. The Morgan fingerprint density at radius 3 is 2.44 bits per heavy atom. The van der Waals surface area contributed by atoms with Crippen molar-refractivity contribution in [3.05, 3.63) is 23.8 Å². The van der Waals surface area contributed by atoms with E-state index >= 15 is 0 Å². The number of rotatable bonds is 5. The lowest BCUT2D eigenvalue weighted by atomic mass is 9.79. The number of halogens is 1. The third-order valence-corrected chi connectivity index (χ3v) is 6.48. The second-order valence-corrected chi connectivity index (χ2v) is 8.44. The number of ether oxygens (including phenoxy) is 1. The van der Waals surface area contributed by atoms with Crippen molar-refractivity contribution in [1.82, 2.24) is 4.31 Å². The molecule has 7 nitrogen and oxygen atoms in total. The summed E-state index contributed by atoms with van der Waals surface area (Å²) in [6, 6.07) is 4.88. The van der Waals surface area contributed by atoms with Crippen molar-refractivity contribution in [3.63, 3.8) is 0 Å². The molecule has 0 aliphatic carbocycles. The number of nitrogens with zero attached hydrogens (tertiary/aromatic N) is 1. The lowest BCUT2D eigenvalue weighted by molar-refractivity contribution is -0.130. The summed E-state index contributed by atoms with van der Waals surface area (Å²) < 4.78 is 31.2. The highest BCUT2D eigenvalue weighted by Gasteiger charge is 2.38. The van der Waals surface area contributed by atoms with Gasteiger partial charge in [-0.2, -0.15) is 0 Å². The third-order valence-electron chi connectivity index (χ3n) is 4.53. The molecule has 1 heterocycles. The molecule has 1 aromatic rings. The van der Waals surface area contributed by atoms with Crippen molar-refractivity contribution in [3.8, 4) is 0 Å². The number of aryl methyl sites for hydroxylation is 1. The predicted octanol–water partition coefficient (Wildman–Crippen LogP) is 1.36. The molecule has 0 saturated carbocycles. The zero-order chi connectivity index (χ0) is 18.0. The molecule has 1 saturated heterocycles. The molecule has 2 rings (SSSR count). The van der Waals surface area contributed by atoms with Crippen LogP contribution in [-0.2, 0) is 19.6 Å². The molecule has 3 N–H and O–H groups in total. The zero-order valence-corrected chi connectivity index (χ0v) is 16.4. The van der Waals surface area contributed by atoms with E-state index in [0.717, 1.165) is 4.31 Å². The lowest BCUT2D eigenvalue weighted by Crippen LogP contribution is -2.46. The smallest absolute Gasteiger partial charge is 0.242 e. The van der Waals surface area contributed by atoms with E-state index in [1.165, 1.54) is 20.2 Å². The van der Waals surface area contributed by atoms with Crippen LogP contribution in [0.25, 0.3) is 0 Å². The van der Waals surface area contributed by atoms with Gasteiger partial charge in [0, 0.05) is 39.5 Å². The summed E-state index contributed by atoms with van der Waals surface area (Å²) in [4.78, 5) is 12.9. The van der Waals surface area contributed by atoms with Gasteiger partial charge in [0.15, 0.2) is 0 Å². The van der Waals surface area contributed by atoms with Crippen molar-refractivity contribution in [1.29, 1.82) is 0 Å². The number of carbonyl (C=O) groups is 1. The van der Waals surface area contributed by atoms with Crippen LogP contribution in [0, 0.1) is 12.3 Å². The van der Waals surface area contributed by atoms with Gasteiger partial charge in [-0.3, -0.25) is 4.79 Å². The highest BCUT2D eigenvalue weighted by molar-refractivity contribution is 7.89. The van der Waals surface area contributed by atoms with E-state index in [1.54, 1.807) is 19.1 Å². The minimum absolute atomic E-state index is 0. The van der Waals surface area contributed by atoms with E-state index in [4.69, 9.17) is 10.5 Å². The second-order valence-electron chi connectivity index (χ2n) is 6.32. The van der Waals surface area contributed by atoms with E-state index in [1.807, 2.05) is 0 Å². The van der Waals surface area contributed by atoms with Crippen molar-refractivity contribution in [2.24, 2.45) is 11.1 Å². The Labute approximate surface area is 155 Å². The molecule has 9 heteroatoms. The van der Waals surface area contributed by atoms with Gasteiger partial charge in [0.2, 0.25) is 15.9 Å². The maximum absolute atomic E-state index is 12.7. The molecule has 0 bridgehead atoms. The van der Waals surface area contributed by atoms with E-state index in [0.29, 0.717) is 37.3 Å². The molecule has 1 amide bonds. The van der Waals surface area contributed by atoms with Gasteiger partial charge in [-0.05, 0) is 37.5 Å². The average Bonchev–Trinajstić information content (AvgIpc) is 2.56. The number of hydrogen-bond acceptors (Lipinski definition) is 5. The summed E-state index contributed by atoms with van der Waals surface area (Å²) in [6.45, 7) is 2.95. The van der Waals surface area contributed by atoms with Gasteiger partial charge < -0.3 is 15.8 Å². The average molecular weight is 392 g/mol. The molecular formula is C16H26ClN3O4S. The lowest BCUT2D eigenvalue weighted by Gasteiger charge is -2.34. The molecule has 0 unspecified atom stereocenters. The van der Waals surface area contributed by atoms with E-state index in [9.17, 15) is 13.2 Å². The molecule has 0 aromatic heterocycles. The molecule has 142 valence electrons. The van der Waals surface area contributed by atoms with E-state index in [2.05, 4.69) is 5.32 Å². The molecule has 1 aliphatic rings.